The van der Waals surface area contributed by atoms with Crippen molar-refractivity contribution in [3.8, 4) is 16.8 Å². The van der Waals surface area contributed by atoms with E-state index in [1.54, 1.807) is 10.6 Å². The lowest BCUT2D eigenvalue weighted by Crippen LogP contribution is -2.39. The van der Waals surface area contributed by atoms with Crippen molar-refractivity contribution < 1.29 is 22.7 Å². The van der Waals surface area contributed by atoms with E-state index in [9.17, 15) is 22.7 Å². The molecule has 0 fully saturated rings. The summed E-state index contributed by atoms with van der Waals surface area (Å²) in [6, 6.07) is 4.12. The Morgan fingerprint density at radius 1 is 1.07 bits per heavy atom. The van der Waals surface area contributed by atoms with Crippen molar-refractivity contribution in [2.75, 3.05) is 0 Å². The van der Waals surface area contributed by atoms with E-state index in [1.165, 1.54) is 24.7 Å². The van der Waals surface area contributed by atoms with Crippen molar-refractivity contribution in [1.29, 1.82) is 0 Å². The number of halogens is 4. The molecule has 5 nitrogen and oxygen atoms in total. The van der Waals surface area contributed by atoms with Crippen LogP contribution in [0, 0.1) is 5.82 Å². The number of fused-ring (bicyclic) bond motifs is 3. The number of aromatic nitrogens is 4. The Morgan fingerprint density at radius 3 is 2.59 bits per heavy atom. The fourth-order valence-corrected chi connectivity index (χ4v) is 3.17. The van der Waals surface area contributed by atoms with Gasteiger partial charge in [-0.15, -0.1) is 10.2 Å². The number of hydrogen-bond donors (Lipinski definition) is 1. The van der Waals surface area contributed by atoms with Crippen LogP contribution in [0.4, 0.5) is 17.6 Å². The van der Waals surface area contributed by atoms with Crippen LogP contribution in [0.3, 0.4) is 0 Å². The summed E-state index contributed by atoms with van der Waals surface area (Å²) in [5.74, 6) is 0.121. The Bertz CT molecular complexity index is 1030. The van der Waals surface area contributed by atoms with Gasteiger partial charge in [-0.1, -0.05) is 0 Å². The van der Waals surface area contributed by atoms with Gasteiger partial charge in [0.15, 0.2) is 5.60 Å². The van der Waals surface area contributed by atoms with E-state index in [1.807, 2.05) is 0 Å². The third-order valence-corrected chi connectivity index (χ3v) is 4.81. The average molecular weight is 378 g/mol. The Labute approximate surface area is 151 Å². The largest absolute Gasteiger partial charge is 0.421 e. The van der Waals surface area contributed by atoms with Gasteiger partial charge in [0.25, 0.3) is 0 Å². The van der Waals surface area contributed by atoms with Crippen LogP contribution in [0.1, 0.15) is 23.9 Å². The van der Waals surface area contributed by atoms with Crippen molar-refractivity contribution in [1.82, 2.24) is 19.7 Å². The first-order chi connectivity index (χ1) is 12.7. The molecule has 3 aromatic rings. The summed E-state index contributed by atoms with van der Waals surface area (Å²) < 4.78 is 55.6. The molecular weight excluding hydrogens is 364 g/mol. The van der Waals surface area contributed by atoms with Crippen LogP contribution < -0.4 is 0 Å². The predicted octanol–water partition coefficient (Wildman–Crippen LogP) is 3.34. The zero-order chi connectivity index (χ0) is 19.4. The second-order valence-corrected chi connectivity index (χ2v) is 6.62. The van der Waals surface area contributed by atoms with Crippen molar-refractivity contribution >= 4 is 0 Å². The van der Waals surface area contributed by atoms with E-state index in [4.69, 9.17) is 0 Å². The van der Waals surface area contributed by atoms with E-state index in [0.29, 0.717) is 42.4 Å². The predicted molar refractivity (Wildman–Crippen MR) is 87.6 cm³/mol. The van der Waals surface area contributed by atoms with Gasteiger partial charge in [-0.3, -0.25) is 9.55 Å². The van der Waals surface area contributed by atoms with E-state index in [0.717, 1.165) is 6.20 Å². The number of benzene rings is 1. The number of alkyl halides is 3. The van der Waals surface area contributed by atoms with Gasteiger partial charge in [-0.25, -0.2) is 4.39 Å². The van der Waals surface area contributed by atoms with Crippen molar-refractivity contribution in [2.45, 2.75) is 31.5 Å². The molecule has 0 saturated heterocycles. The molecule has 4 rings (SSSR count). The van der Waals surface area contributed by atoms with Gasteiger partial charge in [0.2, 0.25) is 0 Å². The molecular formula is C18H14F4N4O. The summed E-state index contributed by atoms with van der Waals surface area (Å²) in [6.45, 7) is 0.662. The first-order valence-corrected chi connectivity index (χ1v) is 8.15. The maximum absolute atomic E-state index is 14.8. The summed E-state index contributed by atoms with van der Waals surface area (Å²) in [5.41, 5.74) is -1.75. The number of pyridine rings is 1. The molecule has 1 N–H and O–H groups in total. The molecule has 140 valence electrons. The Hall–Kier alpha value is -2.81. The van der Waals surface area contributed by atoms with Gasteiger partial charge < -0.3 is 5.11 Å². The quantitative estimate of drug-likeness (QED) is 0.695. The second kappa shape index (κ2) is 5.85. The van der Waals surface area contributed by atoms with Gasteiger partial charge in [-0.2, -0.15) is 13.2 Å². The topological polar surface area (TPSA) is 63.8 Å². The molecule has 0 bridgehead atoms. The molecule has 1 aliphatic rings. The van der Waals surface area contributed by atoms with E-state index >= 15 is 0 Å². The van der Waals surface area contributed by atoms with Crippen molar-refractivity contribution in [3.63, 3.8) is 0 Å². The minimum absolute atomic E-state index is 0.285. The lowest BCUT2D eigenvalue weighted by atomic mass is 9.93. The molecule has 0 amide bonds. The molecule has 0 radical (unpaired) electrons. The number of hydrogen-bond acceptors (Lipinski definition) is 4. The van der Waals surface area contributed by atoms with Crippen molar-refractivity contribution in [3.05, 3.63) is 59.7 Å². The van der Waals surface area contributed by atoms with Crippen LogP contribution in [0.15, 0.2) is 36.9 Å². The average Bonchev–Trinajstić information content (AvgIpc) is 3.09. The lowest BCUT2D eigenvalue weighted by Gasteiger charge is -2.26. The van der Waals surface area contributed by atoms with Crippen LogP contribution in [0.25, 0.3) is 16.8 Å². The molecule has 0 saturated carbocycles. The SMILES string of the molecule is C[C@](O)(c1cncc(-c2cc(F)c3c(c2)CCc2nncn2-3)c1)C(F)(F)F. The van der Waals surface area contributed by atoms with Crippen LogP contribution in [-0.4, -0.2) is 31.0 Å². The molecule has 0 spiro atoms. The summed E-state index contributed by atoms with van der Waals surface area (Å²) in [7, 11) is 0. The van der Waals surface area contributed by atoms with Gasteiger partial charge in [0, 0.05) is 29.9 Å². The summed E-state index contributed by atoms with van der Waals surface area (Å²) in [5, 5.41) is 17.6. The van der Waals surface area contributed by atoms with Gasteiger partial charge in [0.1, 0.15) is 18.0 Å². The van der Waals surface area contributed by atoms with Gasteiger partial charge in [0.05, 0.1) is 5.69 Å². The maximum Gasteiger partial charge on any atom is 0.421 e. The molecule has 2 aromatic heterocycles. The third kappa shape index (κ3) is 2.78. The third-order valence-electron chi connectivity index (χ3n) is 4.81. The maximum atomic E-state index is 14.8. The molecule has 3 heterocycles. The van der Waals surface area contributed by atoms with E-state index < -0.39 is 23.2 Å². The van der Waals surface area contributed by atoms with Crippen LogP contribution in [-0.2, 0) is 18.4 Å². The van der Waals surface area contributed by atoms with Crippen LogP contribution >= 0.6 is 0 Å². The number of nitrogens with zero attached hydrogens (tertiary/aromatic N) is 4. The summed E-state index contributed by atoms with van der Waals surface area (Å²) in [6.07, 6.45) is -0.0273. The highest BCUT2D eigenvalue weighted by Crippen LogP contribution is 2.39. The Kier molecular flexibility index (Phi) is 3.81. The van der Waals surface area contributed by atoms with E-state index in [2.05, 4.69) is 15.2 Å². The minimum atomic E-state index is -4.86. The fraction of sp³-hybridized carbons (Fsp3) is 0.278. The minimum Gasteiger partial charge on any atom is -0.376 e. The molecule has 9 heteroatoms. The fourth-order valence-electron chi connectivity index (χ4n) is 3.17. The first-order valence-electron chi connectivity index (χ1n) is 8.15. The molecule has 1 atom stereocenters. The molecule has 0 unspecified atom stereocenters. The van der Waals surface area contributed by atoms with Gasteiger partial charge in [-0.05, 0) is 42.7 Å². The molecule has 1 aliphatic heterocycles. The normalized spacial score (nSPS) is 15.8. The monoisotopic (exact) mass is 378 g/mol. The highest BCUT2D eigenvalue weighted by Gasteiger charge is 2.51. The first kappa shape index (κ1) is 17.6. The molecule has 0 aliphatic carbocycles. The number of aryl methyl sites for hydroxylation is 2. The zero-order valence-electron chi connectivity index (χ0n) is 14.1. The molecule has 27 heavy (non-hydrogen) atoms. The second-order valence-electron chi connectivity index (χ2n) is 6.62. The van der Waals surface area contributed by atoms with E-state index in [-0.39, 0.29) is 5.56 Å². The van der Waals surface area contributed by atoms with Crippen molar-refractivity contribution in [2.24, 2.45) is 0 Å². The van der Waals surface area contributed by atoms with Crippen LogP contribution in [0.5, 0.6) is 0 Å². The van der Waals surface area contributed by atoms with Crippen LogP contribution in [0.2, 0.25) is 0 Å². The Morgan fingerprint density at radius 2 is 1.85 bits per heavy atom. The zero-order valence-corrected chi connectivity index (χ0v) is 14.1. The summed E-state index contributed by atoms with van der Waals surface area (Å²) in [4.78, 5) is 3.80. The molecule has 1 aromatic carbocycles. The highest BCUT2D eigenvalue weighted by molar-refractivity contribution is 5.67. The Balaban J connectivity index is 1.80. The number of rotatable bonds is 2. The summed E-state index contributed by atoms with van der Waals surface area (Å²) >= 11 is 0. The van der Waals surface area contributed by atoms with Gasteiger partial charge >= 0.3 is 6.18 Å². The smallest absolute Gasteiger partial charge is 0.376 e. The lowest BCUT2D eigenvalue weighted by molar-refractivity contribution is -0.259. The number of aliphatic hydroxyl groups is 1. The standard InChI is InChI=1S/C18H14F4N4O/c1-17(27,18(20,21)22)13-5-12(7-23-8-13)11-4-10-2-3-15-25-24-9-26(15)16(10)14(19)6-11/h4-9,27H,2-3H2,1H3/t17-/m0/s1. The highest BCUT2D eigenvalue weighted by atomic mass is 19.4.